The molecular weight excluding hydrogens is 706 g/mol. The molecule has 55 heavy (non-hydrogen) atoms. The number of amides is 3. The lowest BCUT2D eigenvalue weighted by molar-refractivity contribution is 0.0994. The number of anilines is 2. The van der Waals surface area contributed by atoms with Gasteiger partial charge in [-0.15, -0.1) is 0 Å². The van der Waals surface area contributed by atoms with Gasteiger partial charge in [0, 0.05) is 44.8 Å². The van der Waals surface area contributed by atoms with Gasteiger partial charge in [0.25, 0.3) is 11.8 Å². The number of nitrogens with two attached hydrogens (primary N) is 1. The maximum absolute atomic E-state index is 13.6. The van der Waals surface area contributed by atoms with E-state index in [-0.39, 0.29) is 43.7 Å². The largest absolute Gasteiger partial charge is 0.494 e. The summed E-state index contributed by atoms with van der Waals surface area (Å²) in [5.41, 5.74) is 11.2. The predicted molar refractivity (Wildman–Crippen MR) is 207 cm³/mol. The van der Waals surface area contributed by atoms with E-state index in [1.165, 1.54) is 6.07 Å². The summed E-state index contributed by atoms with van der Waals surface area (Å²) in [6, 6.07) is 10.3. The topological polar surface area (TPSA) is 211 Å². The number of allylic oxidation sites excluding steroid dienone is 2. The molecule has 6 rings (SSSR count). The van der Waals surface area contributed by atoms with Crippen LogP contribution in [-0.2, 0) is 26.2 Å². The van der Waals surface area contributed by atoms with Crippen molar-refractivity contribution in [3.8, 4) is 11.5 Å². The first-order valence-electron chi connectivity index (χ1n) is 17.9. The zero-order valence-electron chi connectivity index (χ0n) is 31.7. The third-order valence-electron chi connectivity index (χ3n) is 8.88. The Bertz CT molecular complexity index is 2430. The molecule has 6 aromatic rings. The minimum Gasteiger partial charge on any atom is -0.494 e. The number of nitrogens with zero attached hydrogens (tertiary/aromatic N) is 8. The second-order valence-corrected chi connectivity index (χ2v) is 12.9. The van der Waals surface area contributed by atoms with E-state index in [0.29, 0.717) is 76.1 Å². The fourth-order valence-corrected chi connectivity index (χ4v) is 6.42. The Labute approximate surface area is 316 Å². The van der Waals surface area contributed by atoms with Crippen LogP contribution in [0.4, 0.5) is 11.9 Å². The van der Waals surface area contributed by atoms with Crippen LogP contribution in [0.3, 0.4) is 0 Å². The number of hydrogen-bond acceptors (Lipinski definition) is 10. The first kappa shape index (κ1) is 38.2. The number of aryl methyl sites for hydroxylation is 5. The third kappa shape index (κ3) is 7.91. The number of carbonyl (C=O) groups is 3. The number of carbonyl (C=O) groups excluding carboxylic acids is 3. The SMILES string of the molecule is CCn1nc(C)cc1C(=O)Nc1nc2cc(C)cc(OC)c2n1C/C=C/Cn1c(NC(=O)c2cc(C)nn2CC)nc2cc(C(N)=O)cc(OCCCO)c21. The molecule has 4 heterocycles. The number of primary amides is 1. The van der Waals surface area contributed by atoms with Crippen LogP contribution in [0.25, 0.3) is 22.1 Å². The van der Waals surface area contributed by atoms with Crippen LogP contribution in [0, 0.1) is 20.8 Å². The molecular formula is C38H45N11O6. The number of imidazole rings is 2. The Morgan fingerprint density at radius 2 is 1.31 bits per heavy atom. The maximum atomic E-state index is 13.6. The van der Waals surface area contributed by atoms with Crippen LogP contribution in [-0.4, -0.2) is 81.8 Å². The summed E-state index contributed by atoms with van der Waals surface area (Å²) in [5.74, 6) is -0.0404. The highest BCUT2D eigenvalue weighted by Gasteiger charge is 2.23. The van der Waals surface area contributed by atoms with Gasteiger partial charge in [0.05, 0.1) is 36.1 Å². The fraction of sp³-hybridized carbons (Fsp3) is 0.342. The van der Waals surface area contributed by atoms with Crippen molar-refractivity contribution >= 4 is 51.7 Å². The molecule has 17 heteroatoms. The smallest absolute Gasteiger partial charge is 0.276 e. The van der Waals surface area contributed by atoms with E-state index in [1.54, 1.807) is 39.2 Å². The normalized spacial score (nSPS) is 11.5. The number of benzene rings is 2. The molecule has 288 valence electrons. The Hall–Kier alpha value is -6.49. The quantitative estimate of drug-likeness (QED) is 0.0810. The van der Waals surface area contributed by atoms with Gasteiger partial charge in [-0.3, -0.25) is 34.4 Å². The molecule has 0 aliphatic carbocycles. The van der Waals surface area contributed by atoms with Gasteiger partial charge in [-0.05, 0) is 76.6 Å². The summed E-state index contributed by atoms with van der Waals surface area (Å²) < 4.78 is 18.7. The second-order valence-electron chi connectivity index (χ2n) is 12.9. The van der Waals surface area contributed by atoms with Crippen LogP contribution in [0.1, 0.15) is 68.6 Å². The molecule has 3 amide bonds. The van der Waals surface area contributed by atoms with E-state index in [4.69, 9.17) is 25.2 Å². The van der Waals surface area contributed by atoms with Gasteiger partial charge < -0.3 is 29.4 Å². The second kappa shape index (κ2) is 16.3. The number of nitrogens with one attached hydrogen (secondary N) is 2. The molecule has 0 bridgehead atoms. The predicted octanol–water partition coefficient (Wildman–Crippen LogP) is 4.37. The highest BCUT2D eigenvalue weighted by molar-refractivity contribution is 6.05. The molecule has 0 fully saturated rings. The fourth-order valence-electron chi connectivity index (χ4n) is 6.42. The van der Waals surface area contributed by atoms with Gasteiger partial charge in [-0.1, -0.05) is 12.2 Å². The minimum atomic E-state index is -0.674. The Kier molecular flexibility index (Phi) is 11.3. The maximum Gasteiger partial charge on any atom is 0.276 e. The summed E-state index contributed by atoms with van der Waals surface area (Å²) in [6.07, 6.45) is 4.12. The van der Waals surface area contributed by atoms with Crippen molar-refractivity contribution in [1.29, 1.82) is 0 Å². The number of hydrogen-bond donors (Lipinski definition) is 4. The number of aliphatic hydroxyl groups is 1. The highest BCUT2D eigenvalue weighted by atomic mass is 16.5. The molecule has 0 saturated carbocycles. The Morgan fingerprint density at radius 3 is 1.80 bits per heavy atom. The molecule has 0 atom stereocenters. The lowest BCUT2D eigenvalue weighted by Gasteiger charge is -2.13. The molecule has 0 aliphatic rings. The molecule has 2 aromatic carbocycles. The van der Waals surface area contributed by atoms with Gasteiger partial charge >= 0.3 is 0 Å². The highest BCUT2D eigenvalue weighted by Crippen LogP contribution is 2.33. The molecule has 17 nitrogen and oxygen atoms in total. The Morgan fingerprint density at radius 1 is 0.782 bits per heavy atom. The number of aromatic nitrogens is 8. The van der Waals surface area contributed by atoms with Crippen molar-refractivity contribution in [2.75, 3.05) is 31.0 Å². The lowest BCUT2D eigenvalue weighted by atomic mass is 10.1. The van der Waals surface area contributed by atoms with E-state index < -0.39 is 11.8 Å². The Balaban J connectivity index is 1.39. The number of rotatable bonds is 16. The van der Waals surface area contributed by atoms with Crippen LogP contribution in [0.5, 0.6) is 11.5 Å². The van der Waals surface area contributed by atoms with Crippen LogP contribution in [0.2, 0.25) is 0 Å². The van der Waals surface area contributed by atoms with Gasteiger partial charge in [-0.2, -0.15) is 10.2 Å². The van der Waals surface area contributed by atoms with Crippen molar-refractivity contribution in [3.05, 3.63) is 82.5 Å². The lowest BCUT2D eigenvalue weighted by Crippen LogP contribution is -2.20. The van der Waals surface area contributed by atoms with Crippen LogP contribution >= 0.6 is 0 Å². The third-order valence-corrected chi connectivity index (χ3v) is 8.88. The molecule has 0 saturated heterocycles. The number of methoxy groups -OCH3 is 1. The summed E-state index contributed by atoms with van der Waals surface area (Å²) in [7, 11) is 1.58. The van der Waals surface area contributed by atoms with Gasteiger partial charge in [0.2, 0.25) is 17.8 Å². The molecule has 5 N–H and O–H groups in total. The van der Waals surface area contributed by atoms with E-state index in [9.17, 15) is 19.5 Å². The zero-order chi connectivity index (χ0) is 39.4. The monoisotopic (exact) mass is 751 g/mol. The van der Waals surface area contributed by atoms with Crippen LogP contribution < -0.4 is 25.8 Å². The van der Waals surface area contributed by atoms with Crippen LogP contribution in [0.15, 0.2) is 48.6 Å². The first-order chi connectivity index (χ1) is 26.5. The van der Waals surface area contributed by atoms with Crippen molar-refractivity contribution in [3.63, 3.8) is 0 Å². The van der Waals surface area contributed by atoms with Crippen molar-refractivity contribution < 1.29 is 29.0 Å². The summed E-state index contributed by atoms with van der Waals surface area (Å²) in [4.78, 5) is 49.0. The van der Waals surface area contributed by atoms with E-state index in [1.807, 2.05) is 63.5 Å². The average molecular weight is 752 g/mol. The molecule has 4 aromatic heterocycles. The van der Waals surface area contributed by atoms with Gasteiger partial charge in [-0.25, -0.2) is 9.97 Å². The number of fused-ring (bicyclic) bond motifs is 2. The molecule has 0 unspecified atom stereocenters. The minimum absolute atomic E-state index is 0.0932. The number of ether oxygens (including phenoxy) is 2. The average Bonchev–Trinajstić information content (AvgIpc) is 3.92. The summed E-state index contributed by atoms with van der Waals surface area (Å²) >= 11 is 0. The summed E-state index contributed by atoms with van der Waals surface area (Å²) in [6.45, 7) is 10.9. The number of aliphatic hydroxyl groups excluding tert-OH is 1. The van der Waals surface area contributed by atoms with E-state index in [2.05, 4.69) is 20.8 Å². The van der Waals surface area contributed by atoms with E-state index in [0.717, 1.165) is 11.3 Å². The zero-order valence-corrected chi connectivity index (χ0v) is 31.7. The first-order valence-corrected chi connectivity index (χ1v) is 17.9. The standard InChI is InChI=1S/C38H45N11O6/c1-7-48-28(18-23(4)44-48)35(52)42-37-40-26-16-22(3)17-30(54-6)32(26)46(37)12-9-10-13-47-33-27(20-25(34(39)51)21-31(33)55-15-11-14-50)41-38(47)43-36(53)29-19-24(5)45-49(29)8-2/h9-10,16-21,50H,7-8,11-15H2,1-6H3,(H2,39,51)(H,40,42,52)(H,41,43,53)/b10-9+. The molecule has 0 radical (unpaired) electrons. The van der Waals surface area contributed by atoms with E-state index >= 15 is 0 Å². The molecule has 0 spiro atoms. The summed E-state index contributed by atoms with van der Waals surface area (Å²) in [5, 5.41) is 24.1. The van der Waals surface area contributed by atoms with Gasteiger partial charge in [0.1, 0.15) is 33.9 Å². The molecule has 0 aliphatic heterocycles. The van der Waals surface area contributed by atoms with Crippen molar-refractivity contribution in [2.45, 2.75) is 67.2 Å². The van der Waals surface area contributed by atoms with Crippen molar-refractivity contribution in [1.82, 2.24) is 38.7 Å². The van der Waals surface area contributed by atoms with Gasteiger partial charge in [0.15, 0.2) is 0 Å². The van der Waals surface area contributed by atoms with Crippen molar-refractivity contribution in [2.24, 2.45) is 5.73 Å².